The summed E-state index contributed by atoms with van der Waals surface area (Å²) < 4.78 is 10.6. The maximum Gasteiger partial charge on any atom is 0.251 e. The third-order valence-corrected chi connectivity index (χ3v) is 4.78. The van der Waals surface area contributed by atoms with Gasteiger partial charge in [0.15, 0.2) is 11.5 Å². The quantitative estimate of drug-likeness (QED) is 0.933. The summed E-state index contributed by atoms with van der Waals surface area (Å²) in [7, 11) is 0. The largest absolute Gasteiger partial charge is 0.454 e. The molecule has 0 aromatic heterocycles. The van der Waals surface area contributed by atoms with Crippen LogP contribution in [0.5, 0.6) is 11.5 Å². The van der Waals surface area contributed by atoms with Crippen LogP contribution in [-0.4, -0.2) is 19.2 Å². The normalized spacial score (nSPS) is 16.9. The number of amides is 1. The van der Waals surface area contributed by atoms with E-state index in [1.807, 2.05) is 24.3 Å². The summed E-state index contributed by atoms with van der Waals surface area (Å²) in [5.74, 6) is 1.21. The second-order valence-corrected chi connectivity index (χ2v) is 6.47. The highest BCUT2D eigenvalue weighted by Crippen LogP contribution is 2.47. The zero-order valence-corrected chi connectivity index (χ0v) is 13.2. The van der Waals surface area contributed by atoms with Crippen LogP contribution >= 0.6 is 11.6 Å². The van der Waals surface area contributed by atoms with Crippen LogP contribution in [0.3, 0.4) is 0 Å². The van der Waals surface area contributed by atoms with Gasteiger partial charge in [-0.1, -0.05) is 23.7 Å². The van der Waals surface area contributed by atoms with Crippen molar-refractivity contribution in [2.75, 3.05) is 13.3 Å². The molecule has 1 amide bonds. The second kappa shape index (κ2) is 5.46. The number of carbonyl (C=O) groups excluding carboxylic acids is 1. The Balaban J connectivity index is 1.44. The van der Waals surface area contributed by atoms with Gasteiger partial charge in [0.05, 0.1) is 0 Å². The first-order chi connectivity index (χ1) is 11.2. The third kappa shape index (κ3) is 2.75. The van der Waals surface area contributed by atoms with Gasteiger partial charge in [-0.05, 0) is 48.7 Å². The fourth-order valence-electron chi connectivity index (χ4n) is 2.91. The molecule has 0 radical (unpaired) electrons. The van der Waals surface area contributed by atoms with Gasteiger partial charge in [0.2, 0.25) is 6.79 Å². The van der Waals surface area contributed by atoms with Crippen molar-refractivity contribution in [3.05, 3.63) is 58.6 Å². The van der Waals surface area contributed by atoms with Crippen LogP contribution in [-0.2, 0) is 5.41 Å². The van der Waals surface area contributed by atoms with Crippen LogP contribution in [0.25, 0.3) is 0 Å². The number of fused-ring (bicyclic) bond motifs is 1. The Labute approximate surface area is 139 Å². The van der Waals surface area contributed by atoms with Crippen molar-refractivity contribution in [3.63, 3.8) is 0 Å². The SMILES string of the molecule is O=C(NCC1(c2ccc(Cl)cc2)CC1)c1ccc2c(c1)OCO2. The average molecular weight is 330 g/mol. The summed E-state index contributed by atoms with van der Waals surface area (Å²) in [5.41, 5.74) is 1.87. The molecule has 4 rings (SSSR count). The smallest absolute Gasteiger partial charge is 0.251 e. The lowest BCUT2D eigenvalue weighted by molar-refractivity contribution is 0.0949. The number of benzene rings is 2. The summed E-state index contributed by atoms with van der Waals surface area (Å²) in [5, 5.41) is 3.77. The van der Waals surface area contributed by atoms with E-state index in [9.17, 15) is 4.79 Å². The maximum absolute atomic E-state index is 12.4. The molecule has 0 bridgehead atoms. The molecule has 1 heterocycles. The van der Waals surface area contributed by atoms with Gasteiger partial charge in [-0.15, -0.1) is 0 Å². The molecular formula is C18H16ClNO3. The monoisotopic (exact) mass is 329 g/mol. The number of hydrogen-bond donors (Lipinski definition) is 1. The summed E-state index contributed by atoms with van der Waals surface area (Å²) in [4.78, 5) is 12.4. The minimum absolute atomic E-state index is 0.0522. The minimum atomic E-state index is -0.0939. The fourth-order valence-corrected chi connectivity index (χ4v) is 3.04. The fraction of sp³-hybridized carbons (Fsp3) is 0.278. The first kappa shape index (κ1) is 14.4. The Bertz CT molecular complexity index is 753. The summed E-state index contributed by atoms with van der Waals surface area (Å²) >= 11 is 5.94. The summed E-state index contributed by atoms with van der Waals surface area (Å²) in [6.07, 6.45) is 2.16. The van der Waals surface area contributed by atoms with Gasteiger partial charge in [0, 0.05) is 22.5 Å². The molecule has 2 aliphatic rings. The van der Waals surface area contributed by atoms with Gasteiger partial charge in [-0.3, -0.25) is 4.79 Å². The van der Waals surface area contributed by atoms with Crippen LogP contribution in [0.2, 0.25) is 5.02 Å². The molecule has 0 atom stereocenters. The molecule has 23 heavy (non-hydrogen) atoms. The van der Waals surface area contributed by atoms with E-state index in [4.69, 9.17) is 21.1 Å². The summed E-state index contributed by atoms with van der Waals surface area (Å²) in [6, 6.07) is 13.1. The molecule has 2 aromatic carbocycles. The van der Waals surface area contributed by atoms with Crippen molar-refractivity contribution in [3.8, 4) is 11.5 Å². The molecule has 1 N–H and O–H groups in total. The van der Waals surface area contributed by atoms with Crippen LogP contribution in [0.1, 0.15) is 28.8 Å². The maximum atomic E-state index is 12.4. The van der Waals surface area contributed by atoms with Crippen LogP contribution in [0, 0.1) is 0 Å². The molecule has 1 aliphatic heterocycles. The molecule has 118 valence electrons. The van der Waals surface area contributed by atoms with E-state index in [-0.39, 0.29) is 18.1 Å². The van der Waals surface area contributed by atoms with E-state index in [1.54, 1.807) is 18.2 Å². The van der Waals surface area contributed by atoms with Crippen molar-refractivity contribution in [2.24, 2.45) is 0 Å². The predicted molar refractivity (Wildman–Crippen MR) is 87.3 cm³/mol. The topological polar surface area (TPSA) is 47.6 Å². The number of ether oxygens (including phenoxy) is 2. The molecular weight excluding hydrogens is 314 g/mol. The Morgan fingerprint density at radius 2 is 1.83 bits per heavy atom. The van der Waals surface area contributed by atoms with E-state index in [2.05, 4.69) is 5.32 Å². The highest BCUT2D eigenvalue weighted by atomic mass is 35.5. The van der Waals surface area contributed by atoms with Gasteiger partial charge in [0.25, 0.3) is 5.91 Å². The van der Waals surface area contributed by atoms with E-state index in [1.165, 1.54) is 5.56 Å². The average Bonchev–Trinajstić information content (AvgIpc) is 3.21. The number of hydrogen-bond acceptors (Lipinski definition) is 3. The lowest BCUT2D eigenvalue weighted by Crippen LogP contribution is -2.32. The number of nitrogens with one attached hydrogen (secondary N) is 1. The van der Waals surface area contributed by atoms with E-state index < -0.39 is 0 Å². The molecule has 1 saturated carbocycles. The standard InChI is InChI=1S/C18H16ClNO3/c19-14-4-2-13(3-5-14)18(7-8-18)10-20-17(21)12-1-6-15-16(9-12)23-11-22-15/h1-6,9H,7-8,10-11H2,(H,20,21). The van der Waals surface area contributed by atoms with Crippen molar-refractivity contribution in [2.45, 2.75) is 18.3 Å². The number of rotatable bonds is 4. The Morgan fingerprint density at radius 3 is 2.57 bits per heavy atom. The van der Waals surface area contributed by atoms with Gasteiger partial charge >= 0.3 is 0 Å². The van der Waals surface area contributed by atoms with Gasteiger partial charge in [-0.25, -0.2) is 0 Å². The number of carbonyl (C=O) groups is 1. The Morgan fingerprint density at radius 1 is 1.09 bits per heavy atom. The lowest BCUT2D eigenvalue weighted by atomic mass is 9.96. The minimum Gasteiger partial charge on any atom is -0.454 e. The third-order valence-electron chi connectivity index (χ3n) is 4.53. The van der Waals surface area contributed by atoms with E-state index in [0.29, 0.717) is 23.6 Å². The highest BCUT2D eigenvalue weighted by Gasteiger charge is 2.44. The van der Waals surface area contributed by atoms with Gasteiger partial charge in [-0.2, -0.15) is 0 Å². The van der Waals surface area contributed by atoms with Crippen molar-refractivity contribution >= 4 is 17.5 Å². The Hall–Kier alpha value is -2.20. The molecule has 4 nitrogen and oxygen atoms in total. The van der Waals surface area contributed by atoms with Crippen molar-refractivity contribution in [1.29, 1.82) is 0 Å². The molecule has 5 heteroatoms. The first-order valence-corrected chi connectivity index (χ1v) is 7.98. The van der Waals surface area contributed by atoms with Gasteiger partial charge in [0.1, 0.15) is 0 Å². The molecule has 1 fully saturated rings. The predicted octanol–water partition coefficient (Wildman–Crippen LogP) is 3.53. The van der Waals surface area contributed by atoms with Crippen LogP contribution < -0.4 is 14.8 Å². The van der Waals surface area contributed by atoms with Crippen molar-refractivity contribution in [1.82, 2.24) is 5.32 Å². The molecule has 1 aliphatic carbocycles. The molecule has 0 spiro atoms. The van der Waals surface area contributed by atoms with Crippen LogP contribution in [0.4, 0.5) is 0 Å². The van der Waals surface area contributed by atoms with Gasteiger partial charge < -0.3 is 14.8 Å². The lowest BCUT2D eigenvalue weighted by Gasteiger charge is -2.17. The first-order valence-electron chi connectivity index (χ1n) is 7.60. The number of halogens is 1. The van der Waals surface area contributed by atoms with E-state index >= 15 is 0 Å². The van der Waals surface area contributed by atoms with E-state index in [0.717, 1.165) is 17.9 Å². The molecule has 0 unspecified atom stereocenters. The molecule has 2 aromatic rings. The summed E-state index contributed by atoms with van der Waals surface area (Å²) in [6.45, 7) is 0.835. The molecule has 0 saturated heterocycles. The van der Waals surface area contributed by atoms with Crippen LogP contribution in [0.15, 0.2) is 42.5 Å². The second-order valence-electron chi connectivity index (χ2n) is 6.04. The zero-order valence-electron chi connectivity index (χ0n) is 12.5. The zero-order chi connectivity index (χ0) is 15.9. The highest BCUT2D eigenvalue weighted by molar-refractivity contribution is 6.30. The van der Waals surface area contributed by atoms with Crippen molar-refractivity contribution < 1.29 is 14.3 Å². The Kier molecular flexibility index (Phi) is 3.42.